The number of rotatable bonds is 4. The number of benzene rings is 1. The first kappa shape index (κ1) is 15.9. The van der Waals surface area contributed by atoms with Crippen LogP contribution >= 0.6 is 23.4 Å². The van der Waals surface area contributed by atoms with E-state index >= 15 is 0 Å². The fourth-order valence-corrected chi connectivity index (χ4v) is 3.34. The molecule has 0 atom stereocenters. The molecule has 0 aliphatic rings. The van der Waals surface area contributed by atoms with Gasteiger partial charge in [0.05, 0.1) is 17.2 Å². The van der Waals surface area contributed by atoms with Crippen LogP contribution in [0.15, 0.2) is 34.2 Å². The second-order valence-corrected chi connectivity index (χ2v) is 6.69. The molecule has 2 rings (SSSR count). The number of aliphatic hydroxyl groups is 1. The lowest BCUT2D eigenvalue weighted by molar-refractivity contribution is 0.266. The van der Waals surface area contributed by atoms with Gasteiger partial charge in [-0.1, -0.05) is 29.4 Å². The van der Waals surface area contributed by atoms with E-state index in [0.717, 1.165) is 9.92 Å². The van der Waals surface area contributed by atoms with Crippen LogP contribution in [-0.2, 0) is 19.1 Å². The maximum Gasteiger partial charge on any atom is 0.135 e. The molecule has 0 unspecified atom stereocenters. The molecule has 0 spiro atoms. The van der Waals surface area contributed by atoms with Crippen molar-refractivity contribution in [1.82, 2.24) is 9.55 Å². The summed E-state index contributed by atoms with van der Waals surface area (Å²) in [5, 5.41) is 20.3. The molecule has 110 valence electrons. The topological polar surface area (TPSA) is 61.8 Å². The SMILES string of the molecule is Cn1c(CO)nc(C(C)(C)C#N)c1Sc1cccc(Cl)c1. The first-order valence-corrected chi connectivity index (χ1v) is 7.60. The second-order valence-electron chi connectivity index (χ2n) is 5.20. The standard InChI is InChI=1S/C15H16ClN3OS/c1-15(2,9-17)13-14(19(3)12(8-20)18-13)21-11-6-4-5-10(16)7-11/h4-7,20H,8H2,1-3H3. The quantitative estimate of drug-likeness (QED) is 0.936. The first-order valence-electron chi connectivity index (χ1n) is 6.40. The summed E-state index contributed by atoms with van der Waals surface area (Å²) in [4.78, 5) is 5.39. The van der Waals surface area contributed by atoms with E-state index in [2.05, 4.69) is 11.1 Å². The highest BCUT2D eigenvalue weighted by atomic mass is 35.5. The number of imidazole rings is 1. The molecule has 0 aliphatic carbocycles. The van der Waals surface area contributed by atoms with Crippen LogP contribution in [0.2, 0.25) is 5.02 Å². The summed E-state index contributed by atoms with van der Waals surface area (Å²) in [6, 6.07) is 9.77. The number of aromatic nitrogens is 2. The summed E-state index contributed by atoms with van der Waals surface area (Å²) in [7, 11) is 1.84. The smallest absolute Gasteiger partial charge is 0.135 e. The van der Waals surface area contributed by atoms with Crippen molar-refractivity contribution in [3.63, 3.8) is 0 Å². The Bertz CT molecular complexity index is 703. The van der Waals surface area contributed by atoms with Crippen molar-refractivity contribution in [2.45, 2.75) is 35.8 Å². The predicted octanol–water partition coefficient (Wildman–Crippen LogP) is 3.52. The third-order valence-corrected chi connectivity index (χ3v) is 4.54. The molecule has 0 amide bonds. The van der Waals surface area contributed by atoms with E-state index in [9.17, 15) is 10.4 Å². The van der Waals surface area contributed by atoms with Gasteiger partial charge in [-0.2, -0.15) is 5.26 Å². The molecule has 6 heteroatoms. The highest BCUT2D eigenvalue weighted by Crippen LogP contribution is 2.37. The molecule has 1 heterocycles. The summed E-state index contributed by atoms with van der Waals surface area (Å²) in [5.74, 6) is 0.540. The summed E-state index contributed by atoms with van der Waals surface area (Å²) in [5.41, 5.74) is -0.0620. The van der Waals surface area contributed by atoms with Crippen molar-refractivity contribution < 1.29 is 5.11 Å². The normalized spacial score (nSPS) is 11.4. The third-order valence-electron chi connectivity index (χ3n) is 3.16. The van der Waals surface area contributed by atoms with Crippen LogP contribution in [-0.4, -0.2) is 14.7 Å². The zero-order chi connectivity index (χ0) is 15.6. The molecule has 0 radical (unpaired) electrons. The Kier molecular flexibility index (Phi) is 4.62. The van der Waals surface area contributed by atoms with Gasteiger partial charge in [0.1, 0.15) is 17.5 Å². The van der Waals surface area contributed by atoms with Gasteiger partial charge >= 0.3 is 0 Å². The Labute approximate surface area is 133 Å². The van der Waals surface area contributed by atoms with Gasteiger partial charge in [-0.3, -0.25) is 0 Å². The molecule has 0 saturated heterocycles. The van der Waals surface area contributed by atoms with Crippen molar-refractivity contribution in [1.29, 1.82) is 5.26 Å². The van der Waals surface area contributed by atoms with Gasteiger partial charge in [0.25, 0.3) is 0 Å². The minimum absolute atomic E-state index is 0.166. The molecule has 21 heavy (non-hydrogen) atoms. The van der Waals surface area contributed by atoms with Crippen LogP contribution in [0.1, 0.15) is 25.4 Å². The van der Waals surface area contributed by atoms with Crippen LogP contribution in [0, 0.1) is 11.3 Å². The highest BCUT2D eigenvalue weighted by molar-refractivity contribution is 7.99. The summed E-state index contributed by atoms with van der Waals surface area (Å²) in [6.45, 7) is 3.47. The van der Waals surface area contributed by atoms with E-state index in [-0.39, 0.29) is 6.61 Å². The Balaban J connectivity index is 2.52. The molecule has 1 aromatic heterocycles. The van der Waals surface area contributed by atoms with Gasteiger partial charge in [-0.25, -0.2) is 4.98 Å². The second kappa shape index (κ2) is 6.10. The molecule has 0 aliphatic heterocycles. The third kappa shape index (κ3) is 3.24. The van der Waals surface area contributed by atoms with Gasteiger partial charge in [-0.15, -0.1) is 0 Å². The number of nitrogens with zero attached hydrogens (tertiary/aromatic N) is 3. The van der Waals surface area contributed by atoms with E-state index in [0.29, 0.717) is 16.5 Å². The fourth-order valence-electron chi connectivity index (χ4n) is 1.89. The number of halogens is 1. The fraction of sp³-hybridized carbons (Fsp3) is 0.333. The molecule has 0 saturated carbocycles. The van der Waals surface area contributed by atoms with E-state index in [1.807, 2.05) is 49.7 Å². The number of aliphatic hydroxyl groups excluding tert-OH is 1. The molecule has 0 fully saturated rings. The highest BCUT2D eigenvalue weighted by Gasteiger charge is 2.29. The Morgan fingerprint density at radius 2 is 2.19 bits per heavy atom. The largest absolute Gasteiger partial charge is 0.388 e. The summed E-state index contributed by atoms with van der Waals surface area (Å²) < 4.78 is 1.82. The lowest BCUT2D eigenvalue weighted by Crippen LogP contribution is -2.16. The number of nitriles is 1. The van der Waals surface area contributed by atoms with Crippen LogP contribution < -0.4 is 0 Å². The molecular weight excluding hydrogens is 306 g/mol. The van der Waals surface area contributed by atoms with Crippen LogP contribution in [0.5, 0.6) is 0 Å². The monoisotopic (exact) mass is 321 g/mol. The number of hydrogen-bond donors (Lipinski definition) is 1. The van der Waals surface area contributed by atoms with E-state index in [4.69, 9.17) is 11.6 Å². The molecule has 0 bridgehead atoms. The van der Waals surface area contributed by atoms with E-state index in [1.54, 1.807) is 0 Å². The molecule has 1 aromatic carbocycles. The Morgan fingerprint density at radius 1 is 1.48 bits per heavy atom. The maximum atomic E-state index is 9.41. The lowest BCUT2D eigenvalue weighted by Gasteiger charge is -2.15. The van der Waals surface area contributed by atoms with Crippen LogP contribution in [0.4, 0.5) is 0 Å². The van der Waals surface area contributed by atoms with Gasteiger partial charge in [0, 0.05) is 17.0 Å². The number of hydrogen-bond acceptors (Lipinski definition) is 4. The average Bonchev–Trinajstić information content (AvgIpc) is 2.76. The lowest BCUT2D eigenvalue weighted by atomic mass is 9.92. The van der Waals surface area contributed by atoms with Crippen LogP contribution in [0.3, 0.4) is 0 Å². The van der Waals surface area contributed by atoms with Crippen molar-refractivity contribution in [2.24, 2.45) is 7.05 Å². The molecular formula is C15H16ClN3OS. The average molecular weight is 322 g/mol. The van der Waals surface area contributed by atoms with E-state index < -0.39 is 5.41 Å². The first-order chi connectivity index (χ1) is 9.89. The molecule has 2 aromatic rings. The summed E-state index contributed by atoms with van der Waals surface area (Å²) in [6.07, 6.45) is 0. The van der Waals surface area contributed by atoms with Gasteiger partial charge in [0.2, 0.25) is 0 Å². The molecule has 1 N–H and O–H groups in total. The zero-order valence-corrected chi connectivity index (χ0v) is 13.7. The van der Waals surface area contributed by atoms with Crippen molar-refractivity contribution in [3.05, 3.63) is 40.8 Å². The van der Waals surface area contributed by atoms with Crippen molar-refractivity contribution in [2.75, 3.05) is 0 Å². The van der Waals surface area contributed by atoms with Crippen LogP contribution in [0.25, 0.3) is 0 Å². The Hall–Kier alpha value is -1.48. The maximum absolute atomic E-state index is 9.41. The Morgan fingerprint density at radius 3 is 2.76 bits per heavy atom. The van der Waals surface area contributed by atoms with Gasteiger partial charge < -0.3 is 9.67 Å². The molecule has 4 nitrogen and oxygen atoms in total. The van der Waals surface area contributed by atoms with Gasteiger partial charge in [0.15, 0.2) is 0 Å². The predicted molar refractivity (Wildman–Crippen MR) is 83.3 cm³/mol. The summed E-state index contributed by atoms with van der Waals surface area (Å²) >= 11 is 7.50. The van der Waals surface area contributed by atoms with E-state index in [1.165, 1.54) is 11.8 Å². The van der Waals surface area contributed by atoms with Crippen molar-refractivity contribution in [3.8, 4) is 6.07 Å². The van der Waals surface area contributed by atoms with Crippen molar-refractivity contribution >= 4 is 23.4 Å². The zero-order valence-electron chi connectivity index (χ0n) is 12.1. The minimum Gasteiger partial charge on any atom is -0.388 e. The van der Waals surface area contributed by atoms with Gasteiger partial charge in [-0.05, 0) is 32.0 Å². The minimum atomic E-state index is -0.730.